The maximum Gasteiger partial charge on any atom is 0.178 e. The third-order valence-electron chi connectivity index (χ3n) is 6.36. The van der Waals surface area contributed by atoms with E-state index in [1.54, 1.807) is 0 Å². The molecule has 158 valence electrons. The molecule has 0 N–H and O–H groups in total. The lowest BCUT2D eigenvalue weighted by Crippen LogP contribution is -2.36. The van der Waals surface area contributed by atoms with Crippen LogP contribution < -0.4 is 4.57 Å². The summed E-state index contributed by atoms with van der Waals surface area (Å²) in [6, 6.07) is 15.6. The average Bonchev–Trinajstić information content (AvgIpc) is 2.79. The maximum atomic E-state index is 6.40. The number of nitrogens with zero attached hydrogens (tertiary/aromatic N) is 1. The summed E-state index contributed by atoms with van der Waals surface area (Å²) in [5.41, 5.74) is 2.84. The summed E-state index contributed by atoms with van der Waals surface area (Å²) in [5, 5.41) is 0. The van der Waals surface area contributed by atoms with Crippen LogP contribution in [0.25, 0.3) is 0 Å². The third-order valence-corrected chi connectivity index (χ3v) is 6.36. The quantitative estimate of drug-likeness (QED) is 0.275. The van der Waals surface area contributed by atoms with E-state index in [4.69, 9.17) is 4.74 Å². The summed E-state index contributed by atoms with van der Waals surface area (Å²) in [5.74, 6) is 0.767. The molecule has 1 fully saturated rings. The predicted octanol–water partition coefficient (Wildman–Crippen LogP) is 7.14. The SMILES string of the molecule is CCCCCCCCOC(C[n+]1ccccc1)c1ccc(C2CCCCC2)cc1. The fraction of sp³-hybridized carbons (Fsp3) is 0.593. The first-order valence-electron chi connectivity index (χ1n) is 12.0. The Bertz CT molecular complexity index is 661. The van der Waals surface area contributed by atoms with Crippen molar-refractivity contribution >= 4 is 0 Å². The number of ether oxygens (including phenoxy) is 1. The Morgan fingerprint density at radius 3 is 2.28 bits per heavy atom. The van der Waals surface area contributed by atoms with Gasteiger partial charge in [0.15, 0.2) is 18.9 Å². The summed E-state index contributed by atoms with van der Waals surface area (Å²) in [6.45, 7) is 4.00. The molecule has 2 heteroatoms. The van der Waals surface area contributed by atoms with Gasteiger partial charge < -0.3 is 4.74 Å². The highest BCUT2D eigenvalue weighted by Crippen LogP contribution is 2.33. The monoisotopic (exact) mass is 394 g/mol. The van der Waals surface area contributed by atoms with E-state index in [2.05, 4.69) is 66.3 Å². The van der Waals surface area contributed by atoms with Gasteiger partial charge in [0.25, 0.3) is 0 Å². The fourth-order valence-electron chi connectivity index (χ4n) is 4.53. The van der Waals surface area contributed by atoms with Crippen molar-refractivity contribution in [1.82, 2.24) is 0 Å². The Morgan fingerprint density at radius 2 is 1.55 bits per heavy atom. The van der Waals surface area contributed by atoms with Crippen LogP contribution in [-0.2, 0) is 11.3 Å². The highest BCUT2D eigenvalue weighted by atomic mass is 16.5. The van der Waals surface area contributed by atoms with E-state index < -0.39 is 0 Å². The van der Waals surface area contributed by atoms with Crippen LogP contribution in [0.4, 0.5) is 0 Å². The standard InChI is InChI=1S/C27H40NO/c1-2-3-4-5-6-13-22-29-27(23-28-20-11-8-12-21-28)26-18-16-25(17-19-26)24-14-9-7-10-15-24/h8,11-12,16-21,24,27H,2-7,9-10,13-15,22-23H2,1H3/q+1. The van der Waals surface area contributed by atoms with Crippen LogP contribution in [0.3, 0.4) is 0 Å². The highest BCUT2D eigenvalue weighted by molar-refractivity contribution is 5.27. The lowest BCUT2D eigenvalue weighted by Gasteiger charge is -2.23. The summed E-state index contributed by atoms with van der Waals surface area (Å²) in [7, 11) is 0. The first-order valence-corrected chi connectivity index (χ1v) is 12.0. The Morgan fingerprint density at radius 1 is 0.862 bits per heavy atom. The van der Waals surface area contributed by atoms with Gasteiger partial charge in [0, 0.05) is 18.7 Å². The topological polar surface area (TPSA) is 13.1 Å². The Labute approximate surface area is 178 Å². The van der Waals surface area contributed by atoms with Gasteiger partial charge in [0.2, 0.25) is 0 Å². The molecule has 2 aromatic rings. The zero-order chi connectivity index (χ0) is 20.2. The second-order valence-corrected chi connectivity index (χ2v) is 8.70. The van der Waals surface area contributed by atoms with Gasteiger partial charge in [-0.25, -0.2) is 4.57 Å². The molecule has 1 unspecified atom stereocenters. The van der Waals surface area contributed by atoms with Crippen LogP contribution in [0, 0.1) is 0 Å². The molecule has 0 saturated heterocycles. The summed E-state index contributed by atoms with van der Waals surface area (Å²) >= 11 is 0. The molecular weight excluding hydrogens is 354 g/mol. The van der Waals surface area contributed by atoms with Gasteiger partial charge >= 0.3 is 0 Å². The van der Waals surface area contributed by atoms with Gasteiger partial charge in [-0.05, 0) is 36.3 Å². The Kier molecular flexibility index (Phi) is 9.72. The van der Waals surface area contributed by atoms with Gasteiger partial charge in [-0.2, -0.15) is 0 Å². The second-order valence-electron chi connectivity index (χ2n) is 8.70. The zero-order valence-electron chi connectivity index (χ0n) is 18.4. The first kappa shape index (κ1) is 22.0. The van der Waals surface area contributed by atoms with Crippen LogP contribution in [0.1, 0.15) is 101 Å². The molecule has 29 heavy (non-hydrogen) atoms. The van der Waals surface area contributed by atoms with Crippen molar-refractivity contribution in [1.29, 1.82) is 0 Å². The zero-order valence-corrected chi connectivity index (χ0v) is 18.4. The van der Waals surface area contributed by atoms with Crippen LogP contribution in [0.15, 0.2) is 54.9 Å². The van der Waals surface area contributed by atoms with Crippen molar-refractivity contribution in [2.75, 3.05) is 6.61 Å². The number of aromatic nitrogens is 1. The van der Waals surface area contributed by atoms with Gasteiger partial charge in [-0.15, -0.1) is 0 Å². The summed E-state index contributed by atoms with van der Waals surface area (Å²) < 4.78 is 8.64. The molecule has 0 radical (unpaired) electrons. The minimum Gasteiger partial charge on any atom is -0.367 e. The van der Waals surface area contributed by atoms with Crippen LogP contribution in [0.5, 0.6) is 0 Å². The molecule has 1 heterocycles. The van der Waals surface area contributed by atoms with E-state index in [0.717, 1.165) is 19.1 Å². The number of unbranched alkanes of at least 4 members (excludes halogenated alkanes) is 5. The Hall–Kier alpha value is -1.67. The lowest BCUT2D eigenvalue weighted by molar-refractivity contribution is -0.705. The fourth-order valence-corrected chi connectivity index (χ4v) is 4.53. The average molecular weight is 395 g/mol. The second kappa shape index (κ2) is 12.8. The molecule has 0 bridgehead atoms. The third kappa shape index (κ3) is 7.59. The maximum absolute atomic E-state index is 6.40. The van der Waals surface area contributed by atoms with E-state index in [-0.39, 0.29) is 6.10 Å². The molecule has 2 nitrogen and oxygen atoms in total. The van der Waals surface area contributed by atoms with E-state index >= 15 is 0 Å². The van der Waals surface area contributed by atoms with Crippen LogP contribution in [-0.4, -0.2) is 6.61 Å². The van der Waals surface area contributed by atoms with E-state index in [0.29, 0.717) is 0 Å². The number of hydrogen-bond donors (Lipinski definition) is 0. The molecule has 1 aliphatic carbocycles. The van der Waals surface area contributed by atoms with E-state index in [1.165, 1.54) is 81.8 Å². The van der Waals surface area contributed by atoms with E-state index in [9.17, 15) is 0 Å². The smallest absolute Gasteiger partial charge is 0.178 e. The number of rotatable bonds is 12. The molecule has 0 spiro atoms. The molecule has 0 aliphatic heterocycles. The number of benzene rings is 1. The van der Waals surface area contributed by atoms with Crippen molar-refractivity contribution in [3.05, 3.63) is 66.0 Å². The van der Waals surface area contributed by atoms with Gasteiger partial charge in [-0.1, -0.05) is 88.6 Å². The van der Waals surface area contributed by atoms with Gasteiger partial charge in [0.05, 0.1) is 0 Å². The minimum absolute atomic E-state index is 0.124. The Balaban J connectivity index is 1.57. The van der Waals surface area contributed by atoms with Crippen molar-refractivity contribution in [2.45, 2.75) is 96.1 Å². The first-order chi connectivity index (χ1) is 14.4. The minimum atomic E-state index is 0.124. The summed E-state index contributed by atoms with van der Waals surface area (Å²) in [6.07, 6.45) is 19.1. The largest absolute Gasteiger partial charge is 0.367 e. The molecule has 1 saturated carbocycles. The van der Waals surface area contributed by atoms with E-state index in [1.807, 2.05) is 0 Å². The molecule has 1 aliphatic rings. The van der Waals surface area contributed by atoms with Crippen molar-refractivity contribution in [2.24, 2.45) is 0 Å². The molecular formula is C27H40NO+. The van der Waals surface area contributed by atoms with Crippen molar-refractivity contribution in [3.8, 4) is 0 Å². The highest BCUT2D eigenvalue weighted by Gasteiger charge is 2.19. The van der Waals surface area contributed by atoms with Crippen molar-refractivity contribution < 1.29 is 9.30 Å². The molecule has 3 rings (SSSR count). The van der Waals surface area contributed by atoms with Crippen LogP contribution >= 0.6 is 0 Å². The number of hydrogen-bond acceptors (Lipinski definition) is 1. The summed E-state index contributed by atoms with van der Waals surface area (Å²) in [4.78, 5) is 0. The van der Waals surface area contributed by atoms with Crippen molar-refractivity contribution in [3.63, 3.8) is 0 Å². The van der Waals surface area contributed by atoms with Gasteiger partial charge in [0.1, 0.15) is 6.10 Å². The predicted molar refractivity (Wildman–Crippen MR) is 121 cm³/mol. The molecule has 1 atom stereocenters. The van der Waals surface area contributed by atoms with Crippen LogP contribution in [0.2, 0.25) is 0 Å². The molecule has 0 amide bonds. The van der Waals surface area contributed by atoms with Gasteiger partial charge in [-0.3, -0.25) is 0 Å². The lowest BCUT2D eigenvalue weighted by atomic mass is 9.84. The molecule has 1 aromatic heterocycles. The number of pyridine rings is 1. The normalized spacial score (nSPS) is 16.0. The molecule has 1 aromatic carbocycles.